The van der Waals surface area contributed by atoms with Crippen LogP contribution in [-0.4, -0.2) is 16.3 Å². The molecule has 0 unspecified atom stereocenters. The number of carbonyl (C=O) groups excluding carboxylic acids is 1. The van der Waals surface area contributed by atoms with Crippen molar-refractivity contribution in [1.82, 2.24) is 9.88 Å². The van der Waals surface area contributed by atoms with Crippen LogP contribution in [0.15, 0.2) is 42.7 Å². The van der Waals surface area contributed by atoms with Crippen molar-refractivity contribution in [2.45, 2.75) is 39.1 Å². The third kappa shape index (κ3) is 5.04. The quantitative estimate of drug-likeness (QED) is 0.893. The maximum Gasteiger partial charge on any atom is 0.417 e. The number of aromatic nitrogens is 1. The van der Waals surface area contributed by atoms with Gasteiger partial charge in [0, 0.05) is 24.6 Å². The molecule has 1 amide bonds. The number of carbonyl (C=O) groups is 1. The first-order valence-electron chi connectivity index (χ1n) is 7.36. The molecule has 0 radical (unpaired) electrons. The van der Waals surface area contributed by atoms with Crippen LogP contribution in [0.25, 0.3) is 5.69 Å². The SMILES string of the molecule is CC(C)(C)OC(=O)NCc1cccc(-n2ccc(C(F)(F)F)c2)c1. The fourth-order valence-electron chi connectivity index (χ4n) is 2.04. The van der Waals surface area contributed by atoms with E-state index in [0.717, 1.165) is 17.8 Å². The van der Waals surface area contributed by atoms with Gasteiger partial charge >= 0.3 is 12.3 Å². The maximum absolute atomic E-state index is 12.7. The number of amides is 1. The van der Waals surface area contributed by atoms with E-state index in [1.54, 1.807) is 45.0 Å². The summed E-state index contributed by atoms with van der Waals surface area (Å²) in [4.78, 5) is 11.6. The van der Waals surface area contributed by atoms with Gasteiger partial charge in [-0.2, -0.15) is 13.2 Å². The van der Waals surface area contributed by atoms with Crippen LogP contribution in [0.2, 0.25) is 0 Å². The highest BCUT2D eigenvalue weighted by molar-refractivity contribution is 5.67. The van der Waals surface area contributed by atoms with Crippen molar-refractivity contribution in [3.8, 4) is 5.69 Å². The van der Waals surface area contributed by atoms with Crippen LogP contribution in [0.4, 0.5) is 18.0 Å². The topological polar surface area (TPSA) is 43.3 Å². The molecular weight excluding hydrogens is 321 g/mol. The Balaban J connectivity index is 2.07. The van der Waals surface area contributed by atoms with Crippen molar-refractivity contribution >= 4 is 6.09 Å². The summed E-state index contributed by atoms with van der Waals surface area (Å²) in [5, 5.41) is 2.61. The number of nitrogens with one attached hydrogen (secondary N) is 1. The lowest BCUT2D eigenvalue weighted by molar-refractivity contribution is -0.137. The zero-order valence-electron chi connectivity index (χ0n) is 13.6. The lowest BCUT2D eigenvalue weighted by Crippen LogP contribution is -2.32. The first-order chi connectivity index (χ1) is 11.0. The predicted octanol–water partition coefficient (Wildman–Crippen LogP) is 4.52. The van der Waals surface area contributed by atoms with Gasteiger partial charge in [-0.1, -0.05) is 12.1 Å². The molecule has 0 saturated carbocycles. The van der Waals surface area contributed by atoms with Gasteiger partial charge in [0.25, 0.3) is 0 Å². The molecule has 24 heavy (non-hydrogen) atoms. The molecule has 0 bridgehead atoms. The van der Waals surface area contributed by atoms with Crippen LogP contribution in [0.5, 0.6) is 0 Å². The fraction of sp³-hybridized carbons (Fsp3) is 0.353. The number of ether oxygens (including phenoxy) is 1. The number of benzene rings is 1. The maximum atomic E-state index is 12.7. The Kier molecular flexibility index (Phi) is 4.91. The molecule has 4 nitrogen and oxygen atoms in total. The Hall–Kier alpha value is -2.44. The average molecular weight is 340 g/mol. The first kappa shape index (κ1) is 17.9. The molecule has 130 valence electrons. The van der Waals surface area contributed by atoms with E-state index in [1.807, 2.05) is 0 Å². The number of alkyl halides is 3. The molecule has 1 aromatic carbocycles. The van der Waals surface area contributed by atoms with Gasteiger partial charge in [0.15, 0.2) is 0 Å². The van der Waals surface area contributed by atoms with Gasteiger partial charge in [0.05, 0.1) is 5.56 Å². The van der Waals surface area contributed by atoms with Gasteiger partial charge in [0.1, 0.15) is 5.60 Å². The van der Waals surface area contributed by atoms with E-state index < -0.39 is 23.4 Å². The number of hydrogen-bond acceptors (Lipinski definition) is 2. The van der Waals surface area contributed by atoms with E-state index in [2.05, 4.69) is 5.32 Å². The first-order valence-corrected chi connectivity index (χ1v) is 7.36. The van der Waals surface area contributed by atoms with E-state index in [-0.39, 0.29) is 6.54 Å². The highest BCUT2D eigenvalue weighted by Crippen LogP contribution is 2.30. The normalized spacial score (nSPS) is 12.1. The van der Waals surface area contributed by atoms with Crippen molar-refractivity contribution in [2.75, 3.05) is 0 Å². The van der Waals surface area contributed by atoms with Gasteiger partial charge in [-0.3, -0.25) is 0 Å². The van der Waals surface area contributed by atoms with E-state index in [0.29, 0.717) is 5.69 Å². The number of nitrogens with zero attached hydrogens (tertiary/aromatic N) is 1. The minimum atomic E-state index is -4.37. The Morgan fingerprint density at radius 3 is 2.50 bits per heavy atom. The zero-order chi connectivity index (χ0) is 18.0. The predicted molar refractivity (Wildman–Crippen MR) is 83.8 cm³/mol. The van der Waals surface area contributed by atoms with Crippen molar-refractivity contribution in [3.05, 3.63) is 53.9 Å². The number of hydrogen-bond donors (Lipinski definition) is 1. The van der Waals surface area contributed by atoms with Crippen molar-refractivity contribution in [3.63, 3.8) is 0 Å². The molecule has 1 aromatic heterocycles. The summed E-state index contributed by atoms with van der Waals surface area (Å²) >= 11 is 0. The Morgan fingerprint density at radius 2 is 1.92 bits per heavy atom. The van der Waals surface area contributed by atoms with Crippen LogP contribution in [0.1, 0.15) is 31.9 Å². The van der Waals surface area contributed by atoms with Crippen molar-refractivity contribution in [1.29, 1.82) is 0 Å². The monoisotopic (exact) mass is 340 g/mol. The van der Waals surface area contributed by atoms with Gasteiger partial charge < -0.3 is 14.6 Å². The van der Waals surface area contributed by atoms with E-state index in [9.17, 15) is 18.0 Å². The molecule has 0 saturated heterocycles. The second-order valence-corrected chi connectivity index (χ2v) is 6.33. The van der Waals surface area contributed by atoms with Gasteiger partial charge in [0.2, 0.25) is 0 Å². The fourth-order valence-corrected chi connectivity index (χ4v) is 2.04. The molecule has 0 aliphatic rings. The third-order valence-corrected chi connectivity index (χ3v) is 3.06. The number of rotatable bonds is 3. The summed E-state index contributed by atoms with van der Waals surface area (Å²) in [5.74, 6) is 0. The highest BCUT2D eigenvalue weighted by atomic mass is 19.4. The van der Waals surface area contributed by atoms with E-state index >= 15 is 0 Å². The van der Waals surface area contributed by atoms with E-state index in [4.69, 9.17) is 4.74 Å². The molecule has 0 fully saturated rings. The van der Waals surface area contributed by atoms with Gasteiger partial charge in [-0.05, 0) is 44.5 Å². The van der Waals surface area contributed by atoms with Crippen LogP contribution in [0, 0.1) is 0 Å². The van der Waals surface area contributed by atoms with Crippen LogP contribution >= 0.6 is 0 Å². The number of halogens is 3. The molecule has 0 spiro atoms. The Morgan fingerprint density at radius 1 is 1.21 bits per heavy atom. The minimum Gasteiger partial charge on any atom is -0.444 e. The second kappa shape index (κ2) is 6.59. The summed E-state index contributed by atoms with van der Waals surface area (Å²) in [6, 6.07) is 7.91. The molecule has 1 heterocycles. The molecule has 0 aliphatic carbocycles. The molecular formula is C17H19F3N2O2. The number of alkyl carbamates (subject to hydrolysis) is 1. The van der Waals surface area contributed by atoms with Crippen LogP contribution in [0.3, 0.4) is 0 Å². The lowest BCUT2D eigenvalue weighted by atomic mass is 10.2. The standard InChI is InChI=1S/C17H19F3N2O2/c1-16(2,3)24-15(23)21-10-12-5-4-6-14(9-12)22-8-7-13(11-22)17(18,19)20/h4-9,11H,10H2,1-3H3,(H,21,23). The highest BCUT2D eigenvalue weighted by Gasteiger charge is 2.31. The van der Waals surface area contributed by atoms with Gasteiger partial charge in [-0.25, -0.2) is 4.79 Å². The summed E-state index contributed by atoms with van der Waals surface area (Å²) in [6.45, 7) is 5.50. The van der Waals surface area contributed by atoms with E-state index in [1.165, 1.54) is 10.8 Å². The van der Waals surface area contributed by atoms with Crippen LogP contribution in [-0.2, 0) is 17.5 Å². The molecule has 0 atom stereocenters. The summed E-state index contributed by atoms with van der Waals surface area (Å²) in [5.41, 5.74) is 0.0276. The molecule has 1 N–H and O–H groups in total. The third-order valence-electron chi connectivity index (χ3n) is 3.06. The smallest absolute Gasteiger partial charge is 0.417 e. The summed E-state index contributed by atoms with van der Waals surface area (Å²) < 4.78 is 44.5. The average Bonchev–Trinajstić information content (AvgIpc) is 2.93. The molecule has 0 aliphatic heterocycles. The molecule has 2 rings (SSSR count). The van der Waals surface area contributed by atoms with Crippen LogP contribution < -0.4 is 5.32 Å². The minimum absolute atomic E-state index is 0.218. The van der Waals surface area contributed by atoms with Gasteiger partial charge in [-0.15, -0.1) is 0 Å². The Bertz CT molecular complexity index is 715. The largest absolute Gasteiger partial charge is 0.444 e. The summed E-state index contributed by atoms with van der Waals surface area (Å²) in [7, 11) is 0. The molecule has 2 aromatic rings. The lowest BCUT2D eigenvalue weighted by Gasteiger charge is -2.19. The Labute approximate surface area is 138 Å². The molecule has 7 heteroatoms. The summed E-state index contributed by atoms with van der Waals surface area (Å²) in [6.07, 6.45) is -2.54. The van der Waals surface area contributed by atoms with Crippen molar-refractivity contribution in [2.24, 2.45) is 0 Å². The zero-order valence-corrected chi connectivity index (χ0v) is 13.6. The second-order valence-electron chi connectivity index (χ2n) is 6.33. The van der Waals surface area contributed by atoms with Crippen molar-refractivity contribution < 1.29 is 22.7 Å².